The third-order valence-electron chi connectivity index (χ3n) is 6.37. The summed E-state index contributed by atoms with van der Waals surface area (Å²) in [5.41, 5.74) is 6.55. The van der Waals surface area contributed by atoms with E-state index >= 15 is 0 Å². The molecule has 0 heterocycles. The molecule has 0 saturated heterocycles. The van der Waals surface area contributed by atoms with Crippen LogP contribution in [0.3, 0.4) is 0 Å². The lowest BCUT2D eigenvalue weighted by Crippen LogP contribution is -3.00. The van der Waals surface area contributed by atoms with E-state index in [1.54, 1.807) is 13.2 Å². The molecule has 0 N–H and O–H groups in total. The molecule has 1 aliphatic rings. The highest BCUT2D eigenvalue weighted by atomic mass is 35.5. The maximum atomic E-state index is 13.0. The van der Waals surface area contributed by atoms with Crippen molar-refractivity contribution in [1.82, 2.24) is 0 Å². The first-order valence-corrected chi connectivity index (χ1v) is 11.3. The number of hydrogen-bond donors (Lipinski definition) is 0. The number of halogens is 1. The van der Waals surface area contributed by atoms with Gasteiger partial charge in [-0.3, -0.25) is 4.79 Å². The molecule has 3 nitrogen and oxygen atoms in total. The number of carbonyl (C=O) groups is 1. The van der Waals surface area contributed by atoms with Gasteiger partial charge in [0.1, 0.15) is 18.8 Å². The number of carbonyl (C=O) groups excluding carboxylic acids is 1. The van der Waals surface area contributed by atoms with E-state index in [0.717, 1.165) is 61.9 Å². The summed E-state index contributed by atoms with van der Waals surface area (Å²) in [7, 11) is 6.19. The van der Waals surface area contributed by atoms with Gasteiger partial charge >= 0.3 is 0 Å². The van der Waals surface area contributed by atoms with Crippen molar-refractivity contribution in [1.29, 1.82) is 0 Å². The van der Waals surface area contributed by atoms with Gasteiger partial charge in [0.15, 0.2) is 5.78 Å². The normalized spacial score (nSPS) is 12.5. The molecule has 0 spiro atoms. The molecular formula is C30H28ClNO2. The largest absolute Gasteiger partial charge is 1.00 e. The van der Waals surface area contributed by atoms with Crippen LogP contribution in [0.1, 0.15) is 27.0 Å². The first kappa shape index (κ1) is 23.7. The van der Waals surface area contributed by atoms with Crippen molar-refractivity contribution in [3.63, 3.8) is 0 Å². The lowest BCUT2D eigenvalue weighted by atomic mass is 9.84. The fraction of sp³-hybridized carbons (Fsp3) is 0.167. The van der Waals surface area contributed by atoms with Crippen molar-refractivity contribution in [3.05, 3.63) is 107 Å². The lowest BCUT2D eigenvalue weighted by Gasteiger charge is -2.32. The Balaban J connectivity index is 0.00000274. The second-order valence-corrected chi connectivity index (χ2v) is 9.37. The Bertz CT molecular complexity index is 1380. The Kier molecular flexibility index (Phi) is 6.60. The number of hydrogen-bond acceptors (Lipinski definition) is 2. The minimum atomic E-state index is 0. The Labute approximate surface area is 207 Å². The molecule has 1 aliphatic carbocycles. The maximum absolute atomic E-state index is 13.0. The van der Waals surface area contributed by atoms with Gasteiger partial charge in [0.05, 0.1) is 21.2 Å². The summed E-state index contributed by atoms with van der Waals surface area (Å²) >= 11 is 0. The summed E-state index contributed by atoms with van der Waals surface area (Å²) in [5.74, 6) is 0.849. The number of quaternary nitrogens is 1. The Morgan fingerprint density at radius 1 is 0.794 bits per heavy atom. The van der Waals surface area contributed by atoms with E-state index in [1.165, 1.54) is 5.56 Å². The lowest BCUT2D eigenvalue weighted by molar-refractivity contribution is -0.916. The van der Waals surface area contributed by atoms with Gasteiger partial charge in [-0.2, -0.15) is 0 Å². The summed E-state index contributed by atoms with van der Waals surface area (Å²) in [4.78, 5) is 13.0. The van der Waals surface area contributed by atoms with Crippen LogP contribution < -0.4 is 17.1 Å². The summed E-state index contributed by atoms with van der Waals surface area (Å²) in [5, 5.41) is 2.00. The first-order chi connectivity index (χ1) is 16.0. The standard InChI is InChI=1S/C30H28NO2.ClH/c1-31(2,19-21-10-6-4-7-11-21)20-24-18-25-26(32)16-14-23-15-17-27(33-3)30(29(23)25)28(24)22-12-8-5-9-13-22;/h4-18H,19-20H2,1-3H3;1H/q+1;/p-1. The number of allylic oxidation sites excluding steroid dienone is 1. The molecule has 0 bridgehead atoms. The molecule has 0 unspecified atom stereocenters. The zero-order valence-corrected chi connectivity index (χ0v) is 20.5. The molecule has 0 fully saturated rings. The van der Waals surface area contributed by atoms with Crippen LogP contribution >= 0.6 is 0 Å². The van der Waals surface area contributed by atoms with Crippen LogP contribution in [0.5, 0.6) is 5.75 Å². The summed E-state index contributed by atoms with van der Waals surface area (Å²) < 4.78 is 6.61. The van der Waals surface area contributed by atoms with Gasteiger partial charge in [-0.25, -0.2) is 0 Å². The molecule has 4 aromatic rings. The fourth-order valence-corrected chi connectivity index (χ4v) is 5.03. The van der Waals surface area contributed by atoms with E-state index in [4.69, 9.17) is 4.74 Å². The van der Waals surface area contributed by atoms with E-state index in [0.29, 0.717) is 0 Å². The average Bonchev–Trinajstić information content (AvgIpc) is 2.82. The van der Waals surface area contributed by atoms with Crippen molar-refractivity contribution >= 4 is 22.6 Å². The van der Waals surface area contributed by atoms with Crippen molar-refractivity contribution in [2.24, 2.45) is 0 Å². The summed E-state index contributed by atoms with van der Waals surface area (Å²) in [6, 6.07) is 27.2. The number of benzene rings is 4. The first-order valence-electron chi connectivity index (χ1n) is 11.3. The Hall–Kier alpha value is -3.40. The smallest absolute Gasteiger partial charge is 0.186 e. The predicted octanol–water partition coefficient (Wildman–Crippen LogP) is 3.51. The Morgan fingerprint density at radius 2 is 1.47 bits per heavy atom. The monoisotopic (exact) mass is 469 g/mol. The molecule has 0 amide bonds. The van der Waals surface area contributed by atoms with Gasteiger partial charge < -0.3 is 21.6 Å². The highest BCUT2D eigenvalue weighted by molar-refractivity contribution is 6.23. The van der Waals surface area contributed by atoms with Crippen molar-refractivity contribution < 1.29 is 26.4 Å². The Morgan fingerprint density at radius 3 is 2.15 bits per heavy atom. The SMILES string of the molecule is COc1ccc2c3c(cc(C[N+](C)(C)Cc4ccccc4)c(-c4ccccc4)c13)C(=O)C=C2.[Cl-]. The van der Waals surface area contributed by atoms with Gasteiger partial charge in [0, 0.05) is 33.0 Å². The minimum Gasteiger partial charge on any atom is -1.00 e. The molecule has 172 valence electrons. The van der Waals surface area contributed by atoms with E-state index in [1.807, 2.05) is 30.3 Å². The van der Waals surface area contributed by atoms with Crippen molar-refractivity contribution in [3.8, 4) is 16.9 Å². The maximum Gasteiger partial charge on any atom is 0.186 e. The third kappa shape index (κ3) is 4.37. The quantitative estimate of drug-likeness (QED) is 0.404. The molecule has 0 radical (unpaired) electrons. The van der Waals surface area contributed by atoms with Crippen LogP contribution in [0.15, 0.2) is 84.9 Å². The molecule has 0 aromatic heterocycles. The van der Waals surface area contributed by atoms with Crippen LogP contribution in [-0.4, -0.2) is 31.5 Å². The zero-order valence-electron chi connectivity index (χ0n) is 19.7. The van der Waals surface area contributed by atoms with Gasteiger partial charge in [0.2, 0.25) is 0 Å². The summed E-state index contributed by atoms with van der Waals surface area (Å²) in [6.07, 6.45) is 3.60. The van der Waals surface area contributed by atoms with Gasteiger partial charge in [-0.15, -0.1) is 0 Å². The molecule has 0 atom stereocenters. The minimum absolute atomic E-state index is 0. The van der Waals surface area contributed by atoms with E-state index in [9.17, 15) is 4.79 Å². The molecule has 4 aromatic carbocycles. The highest BCUT2D eigenvalue weighted by Gasteiger charge is 2.27. The van der Waals surface area contributed by atoms with Gasteiger partial charge in [-0.05, 0) is 29.3 Å². The van der Waals surface area contributed by atoms with Crippen LogP contribution in [0, 0.1) is 0 Å². The molecule has 0 saturated carbocycles. The predicted molar refractivity (Wildman–Crippen MR) is 135 cm³/mol. The second kappa shape index (κ2) is 9.46. The summed E-state index contributed by atoms with van der Waals surface area (Å²) in [6.45, 7) is 1.68. The molecule has 5 rings (SSSR count). The number of rotatable bonds is 6. The number of ether oxygens (including phenoxy) is 1. The molecule has 4 heteroatoms. The molecule has 34 heavy (non-hydrogen) atoms. The van der Waals surface area contributed by atoms with Crippen LogP contribution in [0.25, 0.3) is 28.0 Å². The van der Waals surface area contributed by atoms with Crippen molar-refractivity contribution in [2.75, 3.05) is 21.2 Å². The van der Waals surface area contributed by atoms with E-state index in [2.05, 4.69) is 68.7 Å². The molecular weight excluding hydrogens is 442 g/mol. The van der Waals surface area contributed by atoms with E-state index in [-0.39, 0.29) is 18.2 Å². The van der Waals surface area contributed by atoms with Crippen LogP contribution in [0.2, 0.25) is 0 Å². The van der Waals surface area contributed by atoms with Gasteiger partial charge in [-0.1, -0.05) is 72.8 Å². The van der Waals surface area contributed by atoms with Crippen LogP contribution in [-0.2, 0) is 13.1 Å². The number of ketones is 1. The van der Waals surface area contributed by atoms with Crippen molar-refractivity contribution in [2.45, 2.75) is 13.1 Å². The van der Waals surface area contributed by atoms with Gasteiger partial charge in [0.25, 0.3) is 0 Å². The number of nitrogens with zero attached hydrogens (tertiary/aromatic N) is 1. The second-order valence-electron chi connectivity index (χ2n) is 9.37. The topological polar surface area (TPSA) is 26.3 Å². The van der Waals surface area contributed by atoms with E-state index < -0.39 is 0 Å². The zero-order chi connectivity index (χ0) is 23.0. The third-order valence-corrected chi connectivity index (χ3v) is 6.37. The van der Waals surface area contributed by atoms with Crippen LogP contribution in [0.4, 0.5) is 0 Å². The average molecular weight is 470 g/mol. The fourth-order valence-electron chi connectivity index (χ4n) is 5.03. The highest BCUT2D eigenvalue weighted by Crippen LogP contribution is 2.43. The number of methoxy groups -OCH3 is 1. The molecule has 0 aliphatic heterocycles.